The monoisotopic (exact) mass is 701 g/mol. The van der Waals surface area contributed by atoms with Gasteiger partial charge in [0.05, 0.1) is 36.5 Å². The van der Waals surface area contributed by atoms with Gasteiger partial charge in [-0.2, -0.15) is 0 Å². The van der Waals surface area contributed by atoms with E-state index in [4.69, 9.17) is 9.47 Å². The summed E-state index contributed by atoms with van der Waals surface area (Å²) in [4.78, 5) is 59.0. The zero-order valence-electron chi connectivity index (χ0n) is 30.1. The predicted octanol–water partition coefficient (Wildman–Crippen LogP) is 5.95. The fourth-order valence-corrected chi connectivity index (χ4v) is 11.1. The first-order chi connectivity index (χ1) is 23.8. The molecule has 11 heteroatoms. The predicted molar refractivity (Wildman–Crippen MR) is 196 cm³/mol. The Balaban J connectivity index is 1.43. The Hall–Kier alpha value is -3.77. The molecule has 3 amide bonds. The van der Waals surface area contributed by atoms with Crippen LogP contribution in [-0.4, -0.2) is 79.3 Å². The van der Waals surface area contributed by atoms with Crippen LogP contribution in [0, 0.1) is 5.92 Å². The van der Waals surface area contributed by atoms with E-state index < -0.39 is 31.5 Å². The van der Waals surface area contributed by atoms with Crippen LogP contribution in [0.4, 0.5) is 17.1 Å². The second kappa shape index (κ2) is 14.1. The standard InChI is InChI=1S/C39H51N3O7Si/c1-25(2)11-9-12-26(3)18-20-41-31-17-16-28(42-32-14-7-8-15-33(32)48-24-36(42)45)21-30(31)39(38(41)46)27(4)37(50(5,6)47)34(49-39)22-35(44)40-19-10-13-29(40)23-43/h7-8,11,14-18,21,27,29,34,37,43,47H,9-10,12-13,19-20,22-24H2,1-6H3/b26-18+/t27-,29+,34+,37-,39+/m1/s1. The van der Waals surface area contributed by atoms with Gasteiger partial charge in [-0.05, 0) is 89.9 Å². The summed E-state index contributed by atoms with van der Waals surface area (Å²) in [5.41, 5.74) is 3.04. The highest BCUT2D eigenvalue weighted by molar-refractivity contribution is 6.71. The van der Waals surface area contributed by atoms with E-state index >= 15 is 0 Å². The fourth-order valence-electron chi connectivity index (χ4n) is 8.55. The molecule has 4 aliphatic rings. The number of likely N-dealkylation sites (tertiary alicyclic amines) is 1. The molecule has 2 N–H and O–H groups in total. The average Bonchev–Trinajstić information content (AvgIpc) is 3.73. The lowest BCUT2D eigenvalue weighted by molar-refractivity contribution is -0.149. The molecule has 0 radical (unpaired) electrons. The van der Waals surface area contributed by atoms with E-state index in [2.05, 4.69) is 32.9 Å². The fraction of sp³-hybridized carbons (Fsp3) is 0.513. The SMILES string of the molecule is CC(C)=CCC/C(C)=C/CN1C(=O)[C@@]2(O[C@@H](CC(=O)N3CCC[C@H]3CO)[C@H]([Si](C)(C)O)[C@H]2C)c2cc(N3C(=O)COc4ccccc43)ccc21. The van der Waals surface area contributed by atoms with Gasteiger partial charge in [-0.1, -0.05) is 42.4 Å². The first-order valence-electron chi connectivity index (χ1n) is 17.9. The van der Waals surface area contributed by atoms with E-state index in [1.165, 1.54) is 11.1 Å². The van der Waals surface area contributed by atoms with Crippen LogP contribution in [0.1, 0.15) is 65.4 Å². The highest BCUT2D eigenvalue weighted by atomic mass is 28.4. The maximum atomic E-state index is 15.0. The lowest BCUT2D eigenvalue weighted by Crippen LogP contribution is -2.46. The topological polar surface area (TPSA) is 120 Å². The van der Waals surface area contributed by atoms with E-state index in [0.717, 1.165) is 25.7 Å². The van der Waals surface area contributed by atoms with Crippen LogP contribution in [0.25, 0.3) is 0 Å². The molecule has 2 fully saturated rings. The zero-order valence-corrected chi connectivity index (χ0v) is 31.1. The third-order valence-corrected chi connectivity index (χ3v) is 13.4. The van der Waals surface area contributed by atoms with Crippen molar-refractivity contribution in [3.05, 3.63) is 71.3 Å². The van der Waals surface area contributed by atoms with Crippen LogP contribution in [0.2, 0.25) is 18.6 Å². The smallest absolute Gasteiger partial charge is 0.269 e. The van der Waals surface area contributed by atoms with E-state index in [9.17, 15) is 24.3 Å². The molecule has 0 aromatic heterocycles. The van der Waals surface area contributed by atoms with Gasteiger partial charge in [-0.15, -0.1) is 0 Å². The molecule has 5 atom stereocenters. The molecule has 4 aliphatic heterocycles. The summed E-state index contributed by atoms with van der Waals surface area (Å²) in [6.07, 6.45) is 6.93. The van der Waals surface area contributed by atoms with Crippen molar-refractivity contribution in [2.45, 2.75) is 96.2 Å². The molecular weight excluding hydrogens is 651 g/mol. The molecule has 50 heavy (non-hydrogen) atoms. The molecule has 2 saturated heterocycles. The zero-order chi connectivity index (χ0) is 36.0. The number of para-hydroxylation sites is 2. The number of aliphatic hydroxyl groups is 1. The third-order valence-electron chi connectivity index (χ3n) is 10.9. The number of rotatable bonds is 10. The highest BCUT2D eigenvalue weighted by Gasteiger charge is 2.66. The molecule has 10 nitrogen and oxygen atoms in total. The Kier molecular flexibility index (Phi) is 10.2. The summed E-state index contributed by atoms with van der Waals surface area (Å²) in [7, 11) is -3.03. The number of hydrogen-bond donors (Lipinski definition) is 2. The van der Waals surface area contributed by atoms with Gasteiger partial charge in [0.1, 0.15) is 5.75 Å². The van der Waals surface area contributed by atoms with Crippen molar-refractivity contribution in [2.24, 2.45) is 5.92 Å². The molecule has 0 aliphatic carbocycles. The first kappa shape index (κ1) is 36.0. The van der Waals surface area contributed by atoms with Gasteiger partial charge in [0.15, 0.2) is 20.5 Å². The summed E-state index contributed by atoms with van der Waals surface area (Å²) < 4.78 is 12.7. The largest absolute Gasteiger partial charge is 0.482 e. The molecule has 0 bridgehead atoms. The molecule has 2 aromatic rings. The van der Waals surface area contributed by atoms with Crippen LogP contribution in [0.5, 0.6) is 5.75 Å². The van der Waals surface area contributed by atoms with E-state index in [0.29, 0.717) is 41.5 Å². The Bertz CT molecular complexity index is 1710. The minimum Gasteiger partial charge on any atom is -0.482 e. The van der Waals surface area contributed by atoms with Crippen molar-refractivity contribution < 1.29 is 33.8 Å². The molecule has 2 aromatic carbocycles. The molecule has 4 heterocycles. The molecule has 6 rings (SSSR count). The van der Waals surface area contributed by atoms with Crippen molar-refractivity contribution in [3.63, 3.8) is 0 Å². The van der Waals surface area contributed by atoms with Crippen molar-refractivity contribution in [1.29, 1.82) is 0 Å². The van der Waals surface area contributed by atoms with E-state index in [1.807, 2.05) is 62.5 Å². The van der Waals surface area contributed by atoms with Gasteiger partial charge in [-0.25, -0.2) is 0 Å². The number of benzene rings is 2. The number of aliphatic hydroxyl groups excluding tert-OH is 1. The second-order valence-electron chi connectivity index (χ2n) is 15.1. The Morgan fingerprint density at radius 2 is 1.84 bits per heavy atom. The minimum absolute atomic E-state index is 0.00521. The summed E-state index contributed by atoms with van der Waals surface area (Å²) >= 11 is 0. The number of fused-ring (bicyclic) bond motifs is 3. The number of carbonyl (C=O) groups is 3. The first-order valence-corrected chi connectivity index (χ1v) is 20.9. The Morgan fingerprint density at radius 3 is 2.56 bits per heavy atom. The van der Waals surface area contributed by atoms with Crippen molar-refractivity contribution in [3.8, 4) is 5.75 Å². The summed E-state index contributed by atoms with van der Waals surface area (Å²) in [6.45, 7) is 12.6. The Labute approximate surface area is 296 Å². The van der Waals surface area contributed by atoms with Crippen LogP contribution in [0.3, 0.4) is 0 Å². The van der Waals surface area contributed by atoms with Crippen LogP contribution >= 0.6 is 0 Å². The van der Waals surface area contributed by atoms with Gasteiger partial charge >= 0.3 is 0 Å². The van der Waals surface area contributed by atoms with Crippen LogP contribution in [0.15, 0.2) is 65.8 Å². The molecule has 1 spiro atoms. The maximum absolute atomic E-state index is 15.0. The van der Waals surface area contributed by atoms with Gasteiger partial charge in [0.2, 0.25) is 5.91 Å². The van der Waals surface area contributed by atoms with Gasteiger partial charge in [-0.3, -0.25) is 19.3 Å². The van der Waals surface area contributed by atoms with Gasteiger partial charge in [0, 0.05) is 35.8 Å². The number of allylic oxidation sites excluding steroid dienone is 3. The molecule has 0 saturated carbocycles. The van der Waals surface area contributed by atoms with Crippen molar-refractivity contribution in [1.82, 2.24) is 4.90 Å². The lowest BCUT2D eigenvalue weighted by atomic mass is 9.82. The number of amides is 3. The number of hydrogen-bond acceptors (Lipinski definition) is 7. The number of anilines is 3. The van der Waals surface area contributed by atoms with Crippen molar-refractivity contribution >= 4 is 43.1 Å². The molecule has 268 valence electrons. The number of ether oxygens (including phenoxy) is 2. The summed E-state index contributed by atoms with van der Waals surface area (Å²) in [5, 5.41) is 9.93. The van der Waals surface area contributed by atoms with Crippen molar-refractivity contribution in [2.75, 3.05) is 36.1 Å². The van der Waals surface area contributed by atoms with Crippen LogP contribution in [-0.2, 0) is 24.7 Å². The molecule has 0 unspecified atom stereocenters. The minimum atomic E-state index is -3.03. The quantitative estimate of drug-likeness (QED) is 0.232. The maximum Gasteiger partial charge on any atom is 0.269 e. The molecular formula is C39H51N3O7Si. The van der Waals surface area contributed by atoms with Crippen LogP contribution < -0.4 is 14.5 Å². The van der Waals surface area contributed by atoms with E-state index in [1.54, 1.807) is 14.7 Å². The Morgan fingerprint density at radius 1 is 1.08 bits per heavy atom. The van der Waals surface area contributed by atoms with Gasteiger partial charge in [0.25, 0.3) is 11.8 Å². The van der Waals surface area contributed by atoms with Gasteiger partial charge < -0.3 is 29.2 Å². The normalized spacial score (nSPS) is 26.4. The summed E-state index contributed by atoms with van der Waals surface area (Å²) in [6, 6.07) is 12.8. The number of carbonyl (C=O) groups excluding carboxylic acids is 3. The number of nitrogens with zero attached hydrogens (tertiary/aromatic N) is 3. The lowest BCUT2D eigenvalue weighted by Gasteiger charge is -2.33. The second-order valence-corrected chi connectivity index (χ2v) is 19.1. The van der Waals surface area contributed by atoms with E-state index in [-0.39, 0.29) is 43.4 Å². The average molecular weight is 702 g/mol. The third kappa shape index (κ3) is 6.45. The summed E-state index contributed by atoms with van der Waals surface area (Å²) in [5.74, 6) is -0.480. The highest BCUT2D eigenvalue weighted by Crippen LogP contribution is 2.60.